The molecular formula is C24H31N3OS. The average molecular weight is 410 g/mol. The minimum absolute atomic E-state index is 0.236. The van der Waals surface area contributed by atoms with Crippen LogP contribution in [0.2, 0.25) is 0 Å². The summed E-state index contributed by atoms with van der Waals surface area (Å²) in [6.45, 7) is 3.00. The number of nitrogens with one attached hydrogen (secondary N) is 1. The van der Waals surface area contributed by atoms with Crippen LogP contribution in [0.15, 0.2) is 18.2 Å². The molecule has 1 amide bonds. The summed E-state index contributed by atoms with van der Waals surface area (Å²) < 4.78 is 0. The first-order valence-electron chi connectivity index (χ1n) is 11.4. The van der Waals surface area contributed by atoms with E-state index >= 15 is 0 Å². The molecule has 154 valence electrons. The molecule has 0 unspecified atom stereocenters. The first kappa shape index (κ1) is 19.1. The van der Waals surface area contributed by atoms with Crippen molar-refractivity contribution in [3.63, 3.8) is 0 Å². The highest BCUT2D eigenvalue weighted by Crippen LogP contribution is 2.38. The largest absolute Gasteiger partial charge is 0.359 e. The highest BCUT2D eigenvalue weighted by Gasteiger charge is 2.31. The Hall–Kier alpha value is -1.88. The second kappa shape index (κ2) is 8.10. The lowest BCUT2D eigenvalue weighted by atomic mass is 9.88. The molecule has 1 aromatic carbocycles. The van der Waals surface area contributed by atoms with E-state index in [2.05, 4.69) is 35.3 Å². The van der Waals surface area contributed by atoms with Gasteiger partial charge in [0.2, 0.25) is 5.91 Å². The number of rotatable bonds is 4. The first-order chi connectivity index (χ1) is 14.2. The SMILES string of the molecule is Cc1sc(NC2CCCC2)nc1-c1ccc2c(c1)CCN2C(=O)C1CCCCC1. The van der Waals surface area contributed by atoms with Gasteiger partial charge >= 0.3 is 0 Å². The van der Waals surface area contributed by atoms with Crippen LogP contribution >= 0.6 is 11.3 Å². The van der Waals surface area contributed by atoms with Gasteiger partial charge in [0.05, 0.1) is 5.69 Å². The number of amides is 1. The molecule has 4 nitrogen and oxygen atoms in total. The number of carbonyl (C=O) groups excluding carboxylic acids is 1. The molecule has 5 heteroatoms. The molecule has 3 aliphatic rings. The quantitative estimate of drug-likeness (QED) is 0.679. The molecular weight excluding hydrogens is 378 g/mol. The molecule has 29 heavy (non-hydrogen) atoms. The molecule has 0 radical (unpaired) electrons. The summed E-state index contributed by atoms with van der Waals surface area (Å²) in [5.74, 6) is 0.587. The topological polar surface area (TPSA) is 45.2 Å². The van der Waals surface area contributed by atoms with Gasteiger partial charge in [0, 0.05) is 34.6 Å². The predicted molar refractivity (Wildman–Crippen MR) is 121 cm³/mol. The van der Waals surface area contributed by atoms with Crippen LogP contribution in [0.4, 0.5) is 10.8 Å². The minimum atomic E-state index is 0.236. The van der Waals surface area contributed by atoms with Crippen molar-refractivity contribution in [1.82, 2.24) is 4.98 Å². The monoisotopic (exact) mass is 409 g/mol. The van der Waals surface area contributed by atoms with Crippen molar-refractivity contribution in [3.8, 4) is 11.3 Å². The summed E-state index contributed by atoms with van der Waals surface area (Å²) in [4.78, 5) is 21.3. The lowest BCUT2D eigenvalue weighted by Crippen LogP contribution is -2.35. The summed E-state index contributed by atoms with van der Waals surface area (Å²) in [5, 5.41) is 4.69. The summed E-state index contributed by atoms with van der Waals surface area (Å²) in [7, 11) is 0. The molecule has 5 rings (SSSR count). The standard InChI is InChI=1S/C24H31N3OS/c1-16-22(26-24(29-16)25-20-9-5-6-10-20)19-11-12-21-18(15-19)13-14-27(21)23(28)17-7-3-2-4-8-17/h11-12,15,17,20H,2-10,13-14H2,1H3,(H,25,26). The fourth-order valence-electron chi connectivity index (χ4n) is 5.32. The van der Waals surface area contributed by atoms with Gasteiger partial charge in [-0.15, -0.1) is 11.3 Å². The number of benzene rings is 1. The van der Waals surface area contributed by atoms with Gasteiger partial charge in [-0.1, -0.05) is 38.2 Å². The van der Waals surface area contributed by atoms with E-state index in [1.807, 2.05) is 0 Å². The van der Waals surface area contributed by atoms with E-state index in [0.717, 1.165) is 42.3 Å². The van der Waals surface area contributed by atoms with Gasteiger partial charge < -0.3 is 10.2 Å². The second-order valence-corrected chi connectivity index (χ2v) is 10.2. The van der Waals surface area contributed by atoms with Gasteiger partial charge in [0.15, 0.2) is 5.13 Å². The molecule has 1 N–H and O–H groups in total. The smallest absolute Gasteiger partial charge is 0.230 e. The fraction of sp³-hybridized carbons (Fsp3) is 0.583. The normalized spacial score (nSPS) is 20.2. The van der Waals surface area contributed by atoms with E-state index in [0.29, 0.717) is 11.9 Å². The Kier molecular flexibility index (Phi) is 5.33. The zero-order chi connectivity index (χ0) is 19.8. The fourth-order valence-corrected chi connectivity index (χ4v) is 6.23. The van der Waals surface area contributed by atoms with Crippen LogP contribution in [0.5, 0.6) is 0 Å². The third-order valence-electron chi connectivity index (χ3n) is 6.95. The summed E-state index contributed by atoms with van der Waals surface area (Å²) in [6, 6.07) is 7.17. The van der Waals surface area contributed by atoms with Crippen molar-refractivity contribution >= 4 is 28.1 Å². The number of aromatic nitrogens is 1. The third kappa shape index (κ3) is 3.81. The van der Waals surface area contributed by atoms with Crippen LogP contribution in [0.25, 0.3) is 11.3 Å². The summed E-state index contributed by atoms with van der Waals surface area (Å²) in [5.41, 5.74) is 4.70. The number of thiazole rings is 1. The molecule has 1 aliphatic heterocycles. The van der Waals surface area contributed by atoms with Crippen LogP contribution in [0, 0.1) is 12.8 Å². The van der Waals surface area contributed by atoms with Crippen LogP contribution in [-0.2, 0) is 11.2 Å². The Bertz CT molecular complexity index is 894. The number of nitrogens with zero attached hydrogens (tertiary/aromatic N) is 2. The average Bonchev–Trinajstić information content (AvgIpc) is 3.48. The van der Waals surface area contributed by atoms with Gasteiger partial charge in [-0.05, 0) is 56.7 Å². The maximum absolute atomic E-state index is 13.0. The molecule has 2 heterocycles. The van der Waals surface area contributed by atoms with E-state index in [9.17, 15) is 4.79 Å². The number of fused-ring (bicyclic) bond motifs is 1. The van der Waals surface area contributed by atoms with E-state index in [4.69, 9.17) is 4.98 Å². The molecule has 0 saturated heterocycles. The van der Waals surface area contributed by atoms with Crippen molar-refractivity contribution in [2.75, 3.05) is 16.8 Å². The molecule has 0 atom stereocenters. The lowest BCUT2D eigenvalue weighted by molar-refractivity contribution is -0.123. The van der Waals surface area contributed by atoms with Crippen LogP contribution in [0.3, 0.4) is 0 Å². The minimum Gasteiger partial charge on any atom is -0.359 e. The van der Waals surface area contributed by atoms with Gasteiger partial charge in [-0.2, -0.15) is 0 Å². The Morgan fingerprint density at radius 3 is 2.66 bits per heavy atom. The zero-order valence-corrected chi connectivity index (χ0v) is 18.2. The highest BCUT2D eigenvalue weighted by molar-refractivity contribution is 7.16. The number of anilines is 2. The number of hydrogen-bond donors (Lipinski definition) is 1. The van der Waals surface area contributed by atoms with E-state index in [1.54, 1.807) is 11.3 Å². The van der Waals surface area contributed by atoms with Gasteiger partial charge in [-0.25, -0.2) is 4.98 Å². The molecule has 2 fully saturated rings. The Balaban J connectivity index is 1.35. The summed E-state index contributed by atoms with van der Waals surface area (Å²) >= 11 is 1.77. The van der Waals surface area contributed by atoms with Crippen LogP contribution in [0.1, 0.15) is 68.2 Å². The lowest BCUT2D eigenvalue weighted by Gasteiger charge is -2.26. The van der Waals surface area contributed by atoms with Crippen LogP contribution < -0.4 is 10.2 Å². The number of carbonyl (C=O) groups is 1. The van der Waals surface area contributed by atoms with Crippen LogP contribution in [-0.4, -0.2) is 23.5 Å². The predicted octanol–water partition coefficient (Wildman–Crippen LogP) is 5.94. The third-order valence-corrected chi connectivity index (χ3v) is 7.85. The van der Waals surface area contributed by atoms with E-state index in [-0.39, 0.29) is 5.92 Å². The second-order valence-electron chi connectivity index (χ2n) is 8.97. The van der Waals surface area contributed by atoms with Gasteiger partial charge in [0.25, 0.3) is 0 Å². The van der Waals surface area contributed by atoms with Gasteiger partial charge in [-0.3, -0.25) is 4.79 Å². The molecule has 0 bridgehead atoms. The molecule has 0 spiro atoms. The van der Waals surface area contributed by atoms with Crippen molar-refractivity contribution in [1.29, 1.82) is 0 Å². The Morgan fingerprint density at radius 2 is 1.86 bits per heavy atom. The van der Waals surface area contributed by atoms with E-state index in [1.165, 1.54) is 60.9 Å². The molecule has 1 aromatic heterocycles. The maximum Gasteiger partial charge on any atom is 0.230 e. The number of hydrogen-bond acceptors (Lipinski definition) is 4. The first-order valence-corrected chi connectivity index (χ1v) is 12.2. The zero-order valence-electron chi connectivity index (χ0n) is 17.4. The number of aryl methyl sites for hydroxylation is 1. The molecule has 2 aromatic rings. The Labute approximate surface area is 177 Å². The maximum atomic E-state index is 13.0. The van der Waals surface area contributed by atoms with E-state index < -0.39 is 0 Å². The Morgan fingerprint density at radius 1 is 1.10 bits per heavy atom. The van der Waals surface area contributed by atoms with Crippen molar-refractivity contribution in [2.45, 2.75) is 77.2 Å². The van der Waals surface area contributed by atoms with Crippen molar-refractivity contribution in [3.05, 3.63) is 28.6 Å². The van der Waals surface area contributed by atoms with Crippen molar-refractivity contribution in [2.24, 2.45) is 5.92 Å². The summed E-state index contributed by atoms with van der Waals surface area (Å²) in [6.07, 6.45) is 12.0. The van der Waals surface area contributed by atoms with Crippen molar-refractivity contribution < 1.29 is 4.79 Å². The molecule has 2 saturated carbocycles. The molecule has 2 aliphatic carbocycles. The van der Waals surface area contributed by atoms with Gasteiger partial charge in [0.1, 0.15) is 0 Å². The highest BCUT2D eigenvalue weighted by atomic mass is 32.1.